The second-order valence-electron chi connectivity index (χ2n) is 8.36. The smallest absolute Gasteiger partial charge is 0.256 e. The maximum absolute atomic E-state index is 12.9. The lowest BCUT2D eigenvalue weighted by molar-refractivity contribution is 0.102. The van der Waals surface area contributed by atoms with Crippen LogP contribution in [-0.4, -0.2) is 22.2 Å². The first-order chi connectivity index (χ1) is 16.1. The van der Waals surface area contributed by atoms with Gasteiger partial charge in [-0.05, 0) is 72.0 Å². The number of halogens is 1. The number of nitrogens with one attached hydrogen (secondary N) is 2. The minimum Gasteiger partial charge on any atom is -0.312 e. The van der Waals surface area contributed by atoms with Crippen LogP contribution in [0, 0.1) is 6.92 Å². The molecule has 2 heterocycles. The molecule has 0 bridgehead atoms. The van der Waals surface area contributed by atoms with Crippen LogP contribution < -0.4 is 10.6 Å². The van der Waals surface area contributed by atoms with Crippen LogP contribution in [0.1, 0.15) is 32.7 Å². The first-order valence-corrected chi connectivity index (χ1v) is 11.5. The lowest BCUT2D eigenvalue weighted by atomic mass is 9.98. The van der Waals surface area contributed by atoms with E-state index in [4.69, 9.17) is 11.6 Å². The molecule has 3 aromatic carbocycles. The molecule has 4 aromatic rings. The zero-order chi connectivity index (χ0) is 22.8. The summed E-state index contributed by atoms with van der Waals surface area (Å²) in [5, 5.41) is 11.7. The third-order valence-electron chi connectivity index (χ3n) is 6.05. The number of carbonyl (C=O) groups is 1. The lowest BCUT2D eigenvalue weighted by Crippen LogP contribution is -2.24. The molecular formula is C27H25ClN4O. The molecule has 0 radical (unpaired) electrons. The van der Waals surface area contributed by atoms with Gasteiger partial charge < -0.3 is 10.6 Å². The first-order valence-electron chi connectivity index (χ1n) is 11.1. The Morgan fingerprint density at radius 3 is 2.82 bits per heavy atom. The van der Waals surface area contributed by atoms with E-state index in [2.05, 4.69) is 33.9 Å². The fourth-order valence-electron chi connectivity index (χ4n) is 4.30. The van der Waals surface area contributed by atoms with Crippen LogP contribution in [0.3, 0.4) is 0 Å². The van der Waals surface area contributed by atoms with Gasteiger partial charge in [0.15, 0.2) is 5.82 Å². The van der Waals surface area contributed by atoms with Gasteiger partial charge in [0.25, 0.3) is 5.91 Å². The predicted octanol–water partition coefficient (Wildman–Crippen LogP) is 5.46. The Bertz CT molecular complexity index is 1330. The number of hydrogen-bond acceptors (Lipinski definition) is 3. The normalized spacial score (nSPS) is 12.9. The number of carbonyl (C=O) groups excluding carboxylic acids is 1. The number of fused-ring (bicyclic) bond motifs is 1. The van der Waals surface area contributed by atoms with Gasteiger partial charge in [-0.2, -0.15) is 5.10 Å². The summed E-state index contributed by atoms with van der Waals surface area (Å²) >= 11 is 6.21. The number of anilines is 1. The molecule has 166 valence electrons. The summed E-state index contributed by atoms with van der Waals surface area (Å²) in [5.74, 6) is 0.414. The van der Waals surface area contributed by atoms with E-state index >= 15 is 0 Å². The minimum absolute atomic E-state index is 0.139. The number of nitrogens with zero attached hydrogens (tertiary/aromatic N) is 2. The molecule has 0 fully saturated rings. The average Bonchev–Trinajstić information content (AvgIpc) is 3.17. The van der Waals surface area contributed by atoms with E-state index in [9.17, 15) is 4.79 Å². The van der Waals surface area contributed by atoms with Gasteiger partial charge in [-0.3, -0.25) is 9.48 Å². The van der Waals surface area contributed by atoms with Crippen molar-refractivity contribution in [3.8, 4) is 11.1 Å². The van der Waals surface area contributed by atoms with Crippen molar-refractivity contribution in [2.24, 2.45) is 0 Å². The van der Waals surface area contributed by atoms with Gasteiger partial charge in [0.05, 0.1) is 6.54 Å². The lowest BCUT2D eigenvalue weighted by Gasteiger charge is -2.17. The second kappa shape index (κ2) is 9.22. The van der Waals surface area contributed by atoms with Gasteiger partial charge in [0.1, 0.15) is 0 Å². The highest BCUT2D eigenvalue weighted by Crippen LogP contribution is 2.27. The van der Waals surface area contributed by atoms with Crippen molar-refractivity contribution in [2.45, 2.75) is 26.4 Å². The molecular weight excluding hydrogens is 432 g/mol. The highest BCUT2D eigenvalue weighted by Gasteiger charge is 2.15. The van der Waals surface area contributed by atoms with Crippen LogP contribution in [0.2, 0.25) is 5.02 Å². The molecule has 0 aliphatic carbocycles. The molecule has 33 heavy (non-hydrogen) atoms. The van der Waals surface area contributed by atoms with E-state index in [-0.39, 0.29) is 5.91 Å². The first kappa shape index (κ1) is 21.4. The fourth-order valence-corrected chi connectivity index (χ4v) is 4.49. The predicted molar refractivity (Wildman–Crippen MR) is 133 cm³/mol. The van der Waals surface area contributed by atoms with Gasteiger partial charge in [0.2, 0.25) is 0 Å². The van der Waals surface area contributed by atoms with Gasteiger partial charge in [-0.1, -0.05) is 54.1 Å². The third kappa shape index (κ3) is 4.70. The summed E-state index contributed by atoms with van der Waals surface area (Å²) in [6.45, 7) is 4.39. The summed E-state index contributed by atoms with van der Waals surface area (Å²) in [6.07, 6.45) is 0.941. The Hall–Kier alpha value is -3.41. The Labute approximate surface area is 198 Å². The molecule has 0 saturated carbocycles. The molecule has 1 aliphatic rings. The van der Waals surface area contributed by atoms with E-state index < -0.39 is 0 Å². The number of aryl methyl sites for hydroxylation is 1. The van der Waals surface area contributed by atoms with Crippen LogP contribution in [0.15, 0.2) is 72.8 Å². The zero-order valence-electron chi connectivity index (χ0n) is 18.4. The van der Waals surface area contributed by atoms with E-state index in [1.807, 2.05) is 66.2 Å². The van der Waals surface area contributed by atoms with Crippen molar-refractivity contribution in [3.05, 3.63) is 106 Å². The van der Waals surface area contributed by atoms with E-state index in [0.717, 1.165) is 41.9 Å². The molecule has 1 aliphatic heterocycles. The molecule has 0 unspecified atom stereocenters. The van der Waals surface area contributed by atoms with Crippen LogP contribution in [-0.2, 0) is 19.5 Å². The van der Waals surface area contributed by atoms with Crippen LogP contribution in [0.4, 0.5) is 5.82 Å². The molecule has 1 aromatic heterocycles. The molecule has 6 heteroatoms. The Morgan fingerprint density at radius 2 is 1.94 bits per heavy atom. The minimum atomic E-state index is -0.139. The maximum atomic E-state index is 12.9. The van der Waals surface area contributed by atoms with Gasteiger partial charge in [-0.15, -0.1) is 0 Å². The highest BCUT2D eigenvalue weighted by atomic mass is 35.5. The van der Waals surface area contributed by atoms with Crippen molar-refractivity contribution < 1.29 is 4.79 Å². The van der Waals surface area contributed by atoms with Crippen molar-refractivity contribution in [2.75, 3.05) is 11.9 Å². The van der Waals surface area contributed by atoms with Crippen molar-refractivity contribution in [1.29, 1.82) is 0 Å². The largest absolute Gasteiger partial charge is 0.312 e. The zero-order valence-corrected chi connectivity index (χ0v) is 19.2. The Morgan fingerprint density at radius 1 is 1.06 bits per heavy atom. The van der Waals surface area contributed by atoms with Gasteiger partial charge in [-0.25, -0.2) is 0 Å². The van der Waals surface area contributed by atoms with Crippen molar-refractivity contribution in [1.82, 2.24) is 15.1 Å². The number of hydrogen-bond donors (Lipinski definition) is 2. The monoisotopic (exact) mass is 456 g/mol. The summed E-state index contributed by atoms with van der Waals surface area (Å²) in [6, 6.07) is 23.9. The summed E-state index contributed by atoms with van der Waals surface area (Å²) < 4.78 is 1.91. The Kier molecular flexibility index (Phi) is 5.99. The number of rotatable bonds is 5. The van der Waals surface area contributed by atoms with Gasteiger partial charge >= 0.3 is 0 Å². The quantitative estimate of drug-likeness (QED) is 0.419. The maximum Gasteiger partial charge on any atom is 0.256 e. The summed E-state index contributed by atoms with van der Waals surface area (Å²) in [5.41, 5.74) is 7.45. The molecule has 0 spiro atoms. The second-order valence-corrected chi connectivity index (χ2v) is 8.80. The molecule has 1 amide bonds. The van der Waals surface area contributed by atoms with Crippen LogP contribution in [0.25, 0.3) is 11.1 Å². The van der Waals surface area contributed by atoms with Crippen molar-refractivity contribution in [3.63, 3.8) is 0 Å². The highest BCUT2D eigenvalue weighted by molar-refractivity contribution is 6.30. The molecule has 5 rings (SSSR count). The van der Waals surface area contributed by atoms with Crippen LogP contribution in [0.5, 0.6) is 0 Å². The van der Waals surface area contributed by atoms with E-state index in [1.165, 1.54) is 11.1 Å². The molecule has 0 saturated heterocycles. The standard InChI is InChI=1S/C27H25ClN4O/c1-18-13-26(30-27(33)21-9-10-22-16-29-12-11-19(22)14-21)31-32(18)17-23-5-2-3-8-25(23)20-6-4-7-24(28)15-20/h2-10,13-15,29H,11-12,16-17H2,1H3,(H,30,31,33). The number of benzene rings is 3. The number of aromatic nitrogens is 2. The van der Waals surface area contributed by atoms with E-state index in [1.54, 1.807) is 0 Å². The average molecular weight is 457 g/mol. The molecule has 5 nitrogen and oxygen atoms in total. The summed E-state index contributed by atoms with van der Waals surface area (Å²) in [4.78, 5) is 12.9. The Balaban J connectivity index is 1.35. The van der Waals surface area contributed by atoms with Gasteiger partial charge in [0, 0.05) is 28.9 Å². The number of amides is 1. The third-order valence-corrected chi connectivity index (χ3v) is 6.29. The SMILES string of the molecule is Cc1cc(NC(=O)c2ccc3c(c2)CCNC3)nn1Cc1ccccc1-c1cccc(Cl)c1. The molecule has 0 atom stereocenters. The topological polar surface area (TPSA) is 59.0 Å². The van der Waals surface area contributed by atoms with Crippen LogP contribution >= 0.6 is 11.6 Å². The molecule has 2 N–H and O–H groups in total. The van der Waals surface area contributed by atoms with E-state index in [0.29, 0.717) is 22.9 Å². The summed E-state index contributed by atoms with van der Waals surface area (Å²) in [7, 11) is 0. The van der Waals surface area contributed by atoms with Crippen molar-refractivity contribution >= 4 is 23.3 Å². The fraction of sp³-hybridized carbons (Fsp3) is 0.185.